The monoisotopic (exact) mass is 154 g/mol. The molecule has 2 aromatic heterocycles. The lowest BCUT2D eigenvalue weighted by molar-refractivity contribution is 0.874. The topological polar surface area (TPSA) is 71.5 Å². The van der Waals surface area contributed by atoms with Gasteiger partial charge in [-0.2, -0.15) is 0 Å². The van der Waals surface area contributed by atoms with Crippen LogP contribution in [-0.2, 0) is 0 Å². The molecular weight excluding hydrogens is 152 g/mol. The Bertz CT molecular complexity index is 405. The highest BCUT2D eigenvalue weighted by molar-refractivity contribution is 7.16. The molecule has 10 heavy (non-hydrogen) atoms. The first-order valence-corrected chi connectivity index (χ1v) is 3.40. The summed E-state index contributed by atoms with van der Waals surface area (Å²) in [5, 5.41) is 9.21. The van der Waals surface area contributed by atoms with Gasteiger partial charge in [-0.1, -0.05) is 5.21 Å². The molecule has 2 rings (SSSR count). The molecule has 0 saturated heterocycles. The molecule has 0 fully saturated rings. The first-order valence-electron chi connectivity index (χ1n) is 2.52. The minimum atomic E-state index is -0.286. The molecule has 50 valence electrons. The highest BCUT2D eigenvalue weighted by atomic mass is 32.1. The summed E-state index contributed by atoms with van der Waals surface area (Å²) in [6, 6.07) is 0. The molecule has 2 heterocycles. The fourth-order valence-electron chi connectivity index (χ4n) is 0.635. The Hall–Kier alpha value is -1.30. The van der Waals surface area contributed by atoms with Crippen molar-refractivity contribution < 1.29 is 0 Å². The molecule has 0 radical (unpaired) electrons. The van der Waals surface area contributed by atoms with Crippen LogP contribution < -0.4 is 5.56 Å². The Balaban J connectivity index is 3.09. The summed E-state index contributed by atoms with van der Waals surface area (Å²) in [5.41, 5.74) is 1.64. The maximum absolute atomic E-state index is 10.8. The highest BCUT2D eigenvalue weighted by Gasteiger charge is 2.00. The number of nitrogens with zero attached hydrogens (tertiary/aromatic N) is 3. The maximum Gasteiger partial charge on any atom is 0.294 e. The second kappa shape index (κ2) is 1.84. The zero-order valence-electron chi connectivity index (χ0n) is 4.74. The number of hydrogen-bond donors (Lipinski definition) is 1. The Kier molecular flexibility index (Phi) is 1.01. The zero-order chi connectivity index (χ0) is 6.97. The van der Waals surface area contributed by atoms with Crippen LogP contribution in [0.3, 0.4) is 0 Å². The van der Waals surface area contributed by atoms with Gasteiger partial charge in [0.25, 0.3) is 5.56 Å². The fraction of sp³-hybridized carbons (Fsp3) is 0. The summed E-state index contributed by atoms with van der Waals surface area (Å²) in [5.74, 6) is 0. The minimum absolute atomic E-state index is 0.286. The average Bonchev–Trinajstić information content (AvgIpc) is 2.36. The van der Waals surface area contributed by atoms with E-state index < -0.39 is 0 Å². The maximum atomic E-state index is 10.8. The van der Waals surface area contributed by atoms with Gasteiger partial charge in [-0.25, -0.2) is 10.1 Å². The smallest absolute Gasteiger partial charge is 0.265 e. The van der Waals surface area contributed by atoms with E-state index in [-0.39, 0.29) is 5.56 Å². The summed E-state index contributed by atoms with van der Waals surface area (Å²) >= 11 is 1.30. The van der Waals surface area contributed by atoms with Gasteiger partial charge in [0.1, 0.15) is 0 Å². The van der Waals surface area contributed by atoms with Crippen molar-refractivity contribution in [3.8, 4) is 0 Å². The third kappa shape index (κ3) is 0.623. The number of rotatable bonds is 0. The van der Waals surface area contributed by atoms with Crippen molar-refractivity contribution in [1.82, 2.24) is 20.4 Å². The van der Waals surface area contributed by atoms with Crippen LogP contribution in [0.4, 0.5) is 0 Å². The molecule has 1 N–H and O–H groups in total. The van der Waals surface area contributed by atoms with E-state index in [1.807, 2.05) is 0 Å². The first-order chi connectivity index (χ1) is 4.88. The lowest BCUT2D eigenvalue weighted by atomic mass is 10.6. The van der Waals surface area contributed by atoms with Gasteiger partial charge in [-0.3, -0.25) is 4.79 Å². The van der Waals surface area contributed by atoms with E-state index in [0.29, 0.717) is 10.3 Å². The normalized spacial score (nSPS) is 10.4. The van der Waals surface area contributed by atoms with Crippen molar-refractivity contribution in [3.05, 3.63) is 15.9 Å². The summed E-state index contributed by atoms with van der Waals surface area (Å²) in [4.78, 5) is 15.2. The van der Waals surface area contributed by atoms with Crippen LogP contribution in [-0.4, -0.2) is 20.4 Å². The van der Waals surface area contributed by atoms with E-state index in [2.05, 4.69) is 20.4 Å². The van der Waals surface area contributed by atoms with Gasteiger partial charge >= 0.3 is 0 Å². The third-order valence-corrected chi connectivity index (χ3v) is 1.77. The van der Waals surface area contributed by atoms with Crippen molar-refractivity contribution in [1.29, 1.82) is 0 Å². The van der Waals surface area contributed by atoms with Crippen molar-refractivity contribution in [2.75, 3.05) is 0 Å². The van der Waals surface area contributed by atoms with Crippen LogP contribution >= 0.6 is 11.3 Å². The van der Waals surface area contributed by atoms with E-state index in [9.17, 15) is 4.79 Å². The van der Waals surface area contributed by atoms with E-state index in [1.165, 1.54) is 11.3 Å². The third-order valence-electron chi connectivity index (χ3n) is 1.06. The molecule has 0 aromatic carbocycles. The van der Waals surface area contributed by atoms with Crippen LogP contribution in [0.1, 0.15) is 0 Å². The summed E-state index contributed by atoms with van der Waals surface area (Å²) in [6.45, 7) is 0. The molecule has 0 aliphatic rings. The van der Waals surface area contributed by atoms with Crippen molar-refractivity contribution in [2.24, 2.45) is 0 Å². The second-order valence-electron chi connectivity index (χ2n) is 1.65. The molecule has 0 atom stereocenters. The van der Waals surface area contributed by atoms with Gasteiger partial charge in [0.2, 0.25) is 0 Å². The van der Waals surface area contributed by atoms with Crippen LogP contribution in [0.5, 0.6) is 0 Å². The number of nitrogens with one attached hydrogen (secondary N) is 1. The number of hydrogen-bond acceptors (Lipinski definition) is 5. The van der Waals surface area contributed by atoms with E-state index in [0.717, 1.165) is 0 Å². The molecule has 0 saturated carbocycles. The van der Waals surface area contributed by atoms with Gasteiger partial charge in [0, 0.05) is 0 Å². The quantitative estimate of drug-likeness (QED) is 0.569. The standard InChI is InChI=1S/C4H2N4OS/c9-3-2-4(7-8-6-3)10-1-5-2/h1H,(H,6,7,9). The average molecular weight is 154 g/mol. The SMILES string of the molecule is O=c1[nH]nnc2scnc12. The van der Waals surface area contributed by atoms with Crippen LogP contribution in [0, 0.1) is 0 Å². The molecule has 0 aliphatic heterocycles. The largest absolute Gasteiger partial charge is 0.294 e. The molecule has 0 spiro atoms. The molecule has 2 aromatic rings. The number of aromatic amines is 1. The predicted molar refractivity (Wildman–Crippen MR) is 35.8 cm³/mol. The number of fused-ring (bicyclic) bond motifs is 1. The second-order valence-corrected chi connectivity index (χ2v) is 2.48. The number of aromatic nitrogens is 4. The minimum Gasteiger partial charge on any atom is -0.265 e. The molecule has 0 bridgehead atoms. The molecular formula is C4H2N4OS. The van der Waals surface area contributed by atoms with E-state index in [1.54, 1.807) is 5.51 Å². The van der Waals surface area contributed by atoms with Gasteiger partial charge in [-0.15, -0.1) is 16.4 Å². The lowest BCUT2D eigenvalue weighted by Crippen LogP contribution is -2.08. The molecule has 0 unspecified atom stereocenters. The summed E-state index contributed by atoms with van der Waals surface area (Å²) in [7, 11) is 0. The van der Waals surface area contributed by atoms with Gasteiger partial charge in [0.15, 0.2) is 10.3 Å². The Morgan fingerprint density at radius 3 is 3.30 bits per heavy atom. The molecule has 0 amide bonds. The lowest BCUT2D eigenvalue weighted by Gasteiger charge is -1.79. The fourth-order valence-corrected chi connectivity index (χ4v) is 1.24. The van der Waals surface area contributed by atoms with Crippen LogP contribution in [0.25, 0.3) is 10.3 Å². The van der Waals surface area contributed by atoms with Gasteiger partial charge < -0.3 is 0 Å². The molecule has 0 aliphatic carbocycles. The Morgan fingerprint density at radius 2 is 2.50 bits per heavy atom. The molecule has 5 nitrogen and oxygen atoms in total. The number of H-pyrrole nitrogens is 1. The van der Waals surface area contributed by atoms with Crippen molar-refractivity contribution >= 4 is 21.7 Å². The van der Waals surface area contributed by atoms with E-state index in [4.69, 9.17) is 0 Å². The van der Waals surface area contributed by atoms with Crippen molar-refractivity contribution in [3.63, 3.8) is 0 Å². The van der Waals surface area contributed by atoms with Gasteiger partial charge in [-0.05, 0) is 0 Å². The summed E-state index contributed by atoms with van der Waals surface area (Å²) < 4.78 is 0. The molecule has 6 heteroatoms. The zero-order valence-corrected chi connectivity index (χ0v) is 5.55. The summed E-state index contributed by atoms with van der Waals surface area (Å²) in [6.07, 6.45) is 0. The number of thiazole rings is 1. The van der Waals surface area contributed by atoms with E-state index >= 15 is 0 Å². The predicted octanol–water partition coefficient (Wildman–Crippen LogP) is -0.225. The van der Waals surface area contributed by atoms with Crippen LogP contribution in [0.2, 0.25) is 0 Å². The Morgan fingerprint density at radius 1 is 1.60 bits per heavy atom. The first kappa shape index (κ1) is 5.48. The van der Waals surface area contributed by atoms with Gasteiger partial charge in [0.05, 0.1) is 5.51 Å². The van der Waals surface area contributed by atoms with Crippen molar-refractivity contribution in [2.45, 2.75) is 0 Å². The van der Waals surface area contributed by atoms with Crippen LogP contribution in [0.15, 0.2) is 10.3 Å². The Labute approximate surface area is 58.7 Å². The highest BCUT2D eigenvalue weighted by Crippen LogP contribution is 2.06.